The van der Waals surface area contributed by atoms with Gasteiger partial charge in [-0.15, -0.1) is 12.4 Å². The Bertz CT molecular complexity index is 392. The minimum Gasteiger partial charge on any atom is -0.490 e. The minimum absolute atomic E-state index is 0. The number of carboxylic acid groups (broad SMARTS) is 1. The molecule has 0 saturated carbocycles. The zero-order chi connectivity index (χ0) is 12.1. The van der Waals surface area contributed by atoms with Gasteiger partial charge in [0.2, 0.25) is 0 Å². The normalized spacial score (nSPS) is 15.8. The van der Waals surface area contributed by atoms with Crippen molar-refractivity contribution < 1.29 is 14.6 Å². The molecule has 4 nitrogen and oxygen atoms in total. The van der Waals surface area contributed by atoms with Crippen LogP contribution in [0.4, 0.5) is 0 Å². The number of carbonyl (C=O) groups is 1. The molecule has 0 atom stereocenters. The molecule has 100 valence electrons. The highest BCUT2D eigenvalue weighted by Gasteiger charge is 2.16. The van der Waals surface area contributed by atoms with E-state index in [1.807, 2.05) is 24.3 Å². The van der Waals surface area contributed by atoms with E-state index in [2.05, 4.69) is 5.32 Å². The minimum atomic E-state index is -0.827. The van der Waals surface area contributed by atoms with E-state index in [-0.39, 0.29) is 24.9 Å². The van der Waals surface area contributed by atoms with Gasteiger partial charge in [0.05, 0.1) is 6.42 Å². The summed E-state index contributed by atoms with van der Waals surface area (Å²) in [5.74, 6) is -0.117. The van der Waals surface area contributed by atoms with Crippen LogP contribution in [0.1, 0.15) is 18.4 Å². The summed E-state index contributed by atoms with van der Waals surface area (Å²) in [5, 5.41) is 12.1. The monoisotopic (exact) mass is 271 g/mol. The SMILES string of the molecule is Cl.O=C(O)Cc1ccccc1OC1CCNCC1. The molecule has 2 N–H and O–H groups in total. The fraction of sp³-hybridized carbons (Fsp3) is 0.462. The van der Waals surface area contributed by atoms with Gasteiger partial charge < -0.3 is 15.2 Å². The summed E-state index contributed by atoms with van der Waals surface area (Å²) in [7, 11) is 0. The lowest BCUT2D eigenvalue weighted by Crippen LogP contribution is -2.34. The van der Waals surface area contributed by atoms with Gasteiger partial charge in [-0.2, -0.15) is 0 Å². The number of hydrogen-bond donors (Lipinski definition) is 2. The van der Waals surface area contributed by atoms with Crippen molar-refractivity contribution in [2.45, 2.75) is 25.4 Å². The summed E-state index contributed by atoms with van der Waals surface area (Å²) >= 11 is 0. The summed E-state index contributed by atoms with van der Waals surface area (Å²) in [5.41, 5.74) is 0.749. The zero-order valence-corrected chi connectivity index (χ0v) is 10.9. The van der Waals surface area contributed by atoms with Gasteiger partial charge in [0.1, 0.15) is 11.9 Å². The summed E-state index contributed by atoms with van der Waals surface area (Å²) < 4.78 is 5.88. The smallest absolute Gasteiger partial charge is 0.307 e. The fourth-order valence-electron chi connectivity index (χ4n) is 2.02. The number of halogens is 1. The molecular weight excluding hydrogens is 254 g/mol. The Morgan fingerprint density at radius 3 is 2.67 bits per heavy atom. The molecule has 0 aliphatic carbocycles. The molecule has 1 fully saturated rings. The van der Waals surface area contributed by atoms with Crippen LogP contribution in [0, 0.1) is 0 Å². The number of aliphatic carboxylic acids is 1. The quantitative estimate of drug-likeness (QED) is 0.878. The first-order valence-electron chi connectivity index (χ1n) is 5.93. The van der Waals surface area contributed by atoms with Crippen LogP contribution in [-0.4, -0.2) is 30.3 Å². The topological polar surface area (TPSA) is 58.6 Å². The molecule has 0 amide bonds. The van der Waals surface area contributed by atoms with E-state index in [0.717, 1.165) is 31.5 Å². The van der Waals surface area contributed by atoms with Gasteiger partial charge >= 0.3 is 5.97 Å². The maximum Gasteiger partial charge on any atom is 0.307 e. The summed E-state index contributed by atoms with van der Waals surface area (Å²) in [6, 6.07) is 7.38. The predicted octanol–water partition coefficient (Wildman–Crippen LogP) is 1.87. The standard InChI is InChI=1S/C13H17NO3.ClH/c15-13(16)9-10-3-1-2-4-12(10)17-11-5-7-14-8-6-11;/h1-4,11,14H,5-9H2,(H,15,16);1H. The van der Waals surface area contributed by atoms with E-state index in [0.29, 0.717) is 5.75 Å². The maximum atomic E-state index is 10.7. The van der Waals surface area contributed by atoms with Crippen molar-refractivity contribution in [2.24, 2.45) is 0 Å². The van der Waals surface area contributed by atoms with E-state index in [4.69, 9.17) is 9.84 Å². The van der Waals surface area contributed by atoms with Crippen molar-refractivity contribution in [1.82, 2.24) is 5.32 Å². The van der Waals surface area contributed by atoms with Crippen molar-refractivity contribution in [2.75, 3.05) is 13.1 Å². The first-order chi connectivity index (χ1) is 8.25. The van der Waals surface area contributed by atoms with E-state index in [9.17, 15) is 4.79 Å². The van der Waals surface area contributed by atoms with E-state index < -0.39 is 5.97 Å². The van der Waals surface area contributed by atoms with Crippen molar-refractivity contribution in [3.05, 3.63) is 29.8 Å². The summed E-state index contributed by atoms with van der Waals surface area (Å²) in [6.07, 6.45) is 2.16. The number of ether oxygens (including phenoxy) is 1. The van der Waals surface area contributed by atoms with Crippen molar-refractivity contribution >= 4 is 18.4 Å². The Morgan fingerprint density at radius 1 is 1.33 bits per heavy atom. The highest BCUT2D eigenvalue weighted by atomic mass is 35.5. The second kappa shape index (κ2) is 7.24. The molecule has 1 aromatic rings. The van der Waals surface area contributed by atoms with Gasteiger partial charge in [0.25, 0.3) is 0 Å². The number of rotatable bonds is 4. The van der Waals surface area contributed by atoms with Crippen LogP contribution in [0.5, 0.6) is 5.75 Å². The van der Waals surface area contributed by atoms with Gasteiger partial charge in [-0.05, 0) is 32.0 Å². The summed E-state index contributed by atoms with van der Waals surface area (Å²) in [4.78, 5) is 10.7. The molecule has 2 rings (SSSR count). The number of para-hydroxylation sites is 1. The van der Waals surface area contributed by atoms with Crippen molar-refractivity contribution in [3.8, 4) is 5.75 Å². The molecule has 1 aliphatic rings. The highest BCUT2D eigenvalue weighted by Crippen LogP contribution is 2.22. The molecule has 1 heterocycles. The number of piperidine rings is 1. The number of benzene rings is 1. The Morgan fingerprint density at radius 2 is 2.00 bits per heavy atom. The molecule has 1 saturated heterocycles. The van der Waals surface area contributed by atoms with Crippen LogP contribution in [0.2, 0.25) is 0 Å². The highest BCUT2D eigenvalue weighted by molar-refractivity contribution is 5.85. The Kier molecular flexibility index (Phi) is 5.95. The molecule has 0 spiro atoms. The number of nitrogens with one attached hydrogen (secondary N) is 1. The first-order valence-corrected chi connectivity index (χ1v) is 5.93. The number of carboxylic acids is 1. The Balaban J connectivity index is 0.00000162. The summed E-state index contributed by atoms with van der Waals surface area (Å²) in [6.45, 7) is 1.93. The van der Waals surface area contributed by atoms with Gasteiger partial charge in [-0.1, -0.05) is 18.2 Å². The van der Waals surface area contributed by atoms with E-state index >= 15 is 0 Å². The van der Waals surface area contributed by atoms with Crippen molar-refractivity contribution in [1.29, 1.82) is 0 Å². The predicted molar refractivity (Wildman–Crippen MR) is 71.5 cm³/mol. The van der Waals surface area contributed by atoms with Gasteiger partial charge in [0, 0.05) is 5.56 Å². The van der Waals surface area contributed by atoms with Crippen LogP contribution in [0.15, 0.2) is 24.3 Å². The second-order valence-corrected chi connectivity index (χ2v) is 4.25. The average molecular weight is 272 g/mol. The molecule has 0 radical (unpaired) electrons. The number of hydrogen-bond acceptors (Lipinski definition) is 3. The molecule has 0 unspecified atom stereocenters. The lowest BCUT2D eigenvalue weighted by molar-refractivity contribution is -0.136. The lowest BCUT2D eigenvalue weighted by atomic mass is 10.1. The van der Waals surface area contributed by atoms with E-state index in [1.54, 1.807) is 0 Å². The van der Waals surface area contributed by atoms with Crippen LogP contribution < -0.4 is 10.1 Å². The van der Waals surface area contributed by atoms with Crippen LogP contribution in [0.25, 0.3) is 0 Å². The molecule has 5 heteroatoms. The third kappa shape index (κ3) is 4.20. The fourth-order valence-corrected chi connectivity index (χ4v) is 2.02. The Hall–Kier alpha value is -1.26. The van der Waals surface area contributed by atoms with Crippen molar-refractivity contribution in [3.63, 3.8) is 0 Å². The van der Waals surface area contributed by atoms with Gasteiger partial charge in [-0.3, -0.25) is 4.79 Å². The molecule has 0 aromatic heterocycles. The molecule has 18 heavy (non-hydrogen) atoms. The van der Waals surface area contributed by atoms with Gasteiger partial charge in [-0.25, -0.2) is 0 Å². The van der Waals surface area contributed by atoms with Gasteiger partial charge in [0.15, 0.2) is 0 Å². The molecule has 1 aromatic carbocycles. The van der Waals surface area contributed by atoms with Crippen LogP contribution in [0.3, 0.4) is 0 Å². The zero-order valence-electron chi connectivity index (χ0n) is 10.1. The van der Waals surface area contributed by atoms with E-state index in [1.165, 1.54) is 0 Å². The molecular formula is C13H18ClNO3. The van der Waals surface area contributed by atoms with Crippen LogP contribution >= 0.6 is 12.4 Å². The lowest BCUT2D eigenvalue weighted by Gasteiger charge is -2.24. The molecule has 1 aliphatic heterocycles. The second-order valence-electron chi connectivity index (χ2n) is 4.25. The van der Waals surface area contributed by atoms with Crippen LogP contribution in [-0.2, 0) is 11.2 Å². The Labute approximate surface area is 113 Å². The third-order valence-electron chi connectivity index (χ3n) is 2.89. The first kappa shape index (κ1) is 14.8. The third-order valence-corrected chi connectivity index (χ3v) is 2.89. The largest absolute Gasteiger partial charge is 0.490 e. The average Bonchev–Trinajstić information content (AvgIpc) is 2.32. The molecule has 0 bridgehead atoms. The maximum absolute atomic E-state index is 10.7.